The SMILES string of the molecule is C[C@@H](Cn1ccc(-c2cc(F)c(C#N)c(Cl)c2)n1)NC(=O)Cc1cn(C)c(C2CC2)n1. The van der Waals surface area contributed by atoms with Crippen LogP contribution in [0, 0.1) is 17.1 Å². The van der Waals surface area contributed by atoms with Crippen LogP contribution in [0.1, 0.15) is 42.8 Å². The predicted octanol–water partition coefficient (Wildman–Crippen LogP) is 3.57. The molecule has 160 valence electrons. The Balaban J connectivity index is 1.35. The normalized spacial score (nSPS) is 14.3. The second kappa shape index (κ2) is 8.52. The highest BCUT2D eigenvalue weighted by Crippen LogP contribution is 2.39. The highest BCUT2D eigenvalue weighted by Gasteiger charge is 2.28. The van der Waals surface area contributed by atoms with Crippen LogP contribution in [-0.2, 0) is 24.8 Å². The molecule has 1 fully saturated rings. The second-order valence-electron chi connectivity index (χ2n) is 7.97. The van der Waals surface area contributed by atoms with E-state index in [1.54, 1.807) is 23.0 Å². The summed E-state index contributed by atoms with van der Waals surface area (Å²) in [6.45, 7) is 2.35. The number of nitrogens with one attached hydrogen (secondary N) is 1. The van der Waals surface area contributed by atoms with Gasteiger partial charge in [-0.25, -0.2) is 9.37 Å². The first kappa shape index (κ1) is 21.1. The molecule has 0 radical (unpaired) electrons. The van der Waals surface area contributed by atoms with Gasteiger partial charge < -0.3 is 9.88 Å². The molecule has 2 aromatic heterocycles. The molecule has 1 amide bonds. The Morgan fingerprint density at radius 3 is 2.90 bits per heavy atom. The summed E-state index contributed by atoms with van der Waals surface area (Å²) >= 11 is 5.98. The Morgan fingerprint density at radius 1 is 1.45 bits per heavy atom. The van der Waals surface area contributed by atoms with Gasteiger partial charge in [-0.3, -0.25) is 9.48 Å². The van der Waals surface area contributed by atoms with E-state index in [-0.39, 0.29) is 29.0 Å². The maximum Gasteiger partial charge on any atom is 0.226 e. The fraction of sp³-hybridized carbons (Fsp3) is 0.364. The van der Waals surface area contributed by atoms with Crippen molar-refractivity contribution in [3.63, 3.8) is 0 Å². The summed E-state index contributed by atoms with van der Waals surface area (Å²) in [4.78, 5) is 17.0. The third-order valence-electron chi connectivity index (χ3n) is 5.21. The van der Waals surface area contributed by atoms with Crippen molar-refractivity contribution in [2.45, 2.75) is 44.7 Å². The Morgan fingerprint density at radius 2 is 2.23 bits per heavy atom. The van der Waals surface area contributed by atoms with Gasteiger partial charge in [0.15, 0.2) is 0 Å². The van der Waals surface area contributed by atoms with Gasteiger partial charge in [0.05, 0.1) is 29.4 Å². The second-order valence-corrected chi connectivity index (χ2v) is 8.38. The monoisotopic (exact) mass is 440 g/mol. The molecule has 7 nitrogen and oxygen atoms in total. The molecule has 1 N–H and O–H groups in total. The molecule has 1 aliphatic carbocycles. The third-order valence-corrected chi connectivity index (χ3v) is 5.50. The minimum Gasteiger partial charge on any atom is -0.351 e. The van der Waals surface area contributed by atoms with Crippen molar-refractivity contribution in [3.8, 4) is 17.3 Å². The first-order chi connectivity index (χ1) is 14.8. The Bertz CT molecular complexity index is 1150. The van der Waals surface area contributed by atoms with E-state index in [9.17, 15) is 9.18 Å². The lowest BCUT2D eigenvalue weighted by Crippen LogP contribution is -2.36. The molecule has 1 aromatic carbocycles. The maximum atomic E-state index is 14.0. The first-order valence-corrected chi connectivity index (χ1v) is 10.5. The van der Waals surface area contributed by atoms with Gasteiger partial charge in [-0.15, -0.1) is 0 Å². The lowest BCUT2D eigenvalue weighted by molar-refractivity contribution is -0.121. The number of hydrogen-bond acceptors (Lipinski definition) is 4. The molecule has 0 unspecified atom stereocenters. The number of amides is 1. The standard InChI is InChI=1S/C22H22ClFN6O/c1-13(26-21(31)9-16-12-29(2)22(27-16)14-3-4-14)11-30-6-5-20(28-30)15-7-18(23)17(10-25)19(24)8-15/h5-8,12-14H,3-4,9,11H2,1-2H3,(H,26,31)/t13-/m0/s1. The van der Waals surface area contributed by atoms with Crippen LogP contribution in [0.2, 0.25) is 5.02 Å². The summed E-state index contributed by atoms with van der Waals surface area (Å²) in [5.74, 6) is 0.814. The van der Waals surface area contributed by atoms with E-state index in [1.807, 2.05) is 24.7 Å². The number of halogens is 2. The van der Waals surface area contributed by atoms with Crippen LogP contribution >= 0.6 is 11.6 Å². The number of rotatable bonds is 7. The molecular formula is C22H22ClFN6O. The number of carbonyl (C=O) groups excluding carboxylic acids is 1. The molecule has 9 heteroatoms. The van der Waals surface area contributed by atoms with E-state index < -0.39 is 5.82 Å². The predicted molar refractivity (Wildman–Crippen MR) is 114 cm³/mol. The lowest BCUT2D eigenvalue weighted by Gasteiger charge is -2.13. The molecule has 2 heterocycles. The number of imidazole rings is 1. The molecule has 4 rings (SSSR count). The summed E-state index contributed by atoms with van der Waals surface area (Å²) in [6.07, 6.45) is 6.24. The number of benzene rings is 1. The van der Waals surface area contributed by atoms with Crippen LogP contribution in [0.25, 0.3) is 11.3 Å². The average molecular weight is 441 g/mol. The molecule has 0 spiro atoms. The molecule has 0 bridgehead atoms. The Labute approximate surface area is 184 Å². The number of nitriles is 1. The van der Waals surface area contributed by atoms with Crippen LogP contribution in [0.4, 0.5) is 4.39 Å². The van der Waals surface area contributed by atoms with Gasteiger partial charge in [0.25, 0.3) is 0 Å². The van der Waals surface area contributed by atoms with Gasteiger partial charge in [-0.1, -0.05) is 11.6 Å². The van der Waals surface area contributed by atoms with Crippen molar-refractivity contribution in [1.82, 2.24) is 24.6 Å². The highest BCUT2D eigenvalue weighted by atomic mass is 35.5. The molecular weight excluding hydrogens is 419 g/mol. The lowest BCUT2D eigenvalue weighted by atomic mass is 10.1. The van der Waals surface area contributed by atoms with Crippen LogP contribution in [-0.4, -0.2) is 31.3 Å². The van der Waals surface area contributed by atoms with Crippen LogP contribution in [0.5, 0.6) is 0 Å². The number of nitrogens with zero attached hydrogens (tertiary/aromatic N) is 5. The van der Waals surface area contributed by atoms with Crippen molar-refractivity contribution >= 4 is 17.5 Å². The fourth-order valence-corrected chi connectivity index (χ4v) is 3.86. The van der Waals surface area contributed by atoms with Gasteiger partial charge in [-0.2, -0.15) is 10.4 Å². The number of aryl methyl sites for hydroxylation is 1. The quantitative estimate of drug-likeness (QED) is 0.608. The van der Waals surface area contributed by atoms with Gasteiger partial charge in [0.2, 0.25) is 5.91 Å². The molecule has 1 atom stereocenters. The van der Waals surface area contributed by atoms with E-state index in [4.69, 9.17) is 16.9 Å². The van der Waals surface area contributed by atoms with Crippen LogP contribution in [0.3, 0.4) is 0 Å². The zero-order valence-corrected chi connectivity index (χ0v) is 18.0. The summed E-state index contributed by atoms with van der Waals surface area (Å²) < 4.78 is 17.7. The molecule has 31 heavy (non-hydrogen) atoms. The average Bonchev–Trinajstić information content (AvgIpc) is 3.32. The van der Waals surface area contributed by atoms with Crippen molar-refractivity contribution < 1.29 is 9.18 Å². The number of aromatic nitrogens is 4. The smallest absolute Gasteiger partial charge is 0.226 e. The minimum absolute atomic E-state index is 0.0482. The van der Waals surface area contributed by atoms with E-state index in [2.05, 4.69) is 15.4 Å². The minimum atomic E-state index is -0.681. The zero-order valence-electron chi connectivity index (χ0n) is 17.3. The van der Waals surface area contributed by atoms with E-state index in [0.717, 1.165) is 11.5 Å². The number of hydrogen-bond donors (Lipinski definition) is 1. The van der Waals surface area contributed by atoms with Crippen molar-refractivity contribution in [3.05, 3.63) is 58.5 Å². The molecule has 1 aliphatic rings. The Hall–Kier alpha value is -3.18. The van der Waals surface area contributed by atoms with Gasteiger partial charge in [0, 0.05) is 37.0 Å². The van der Waals surface area contributed by atoms with E-state index in [1.165, 1.54) is 25.0 Å². The van der Waals surface area contributed by atoms with Crippen molar-refractivity contribution in [2.75, 3.05) is 0 Å². The molecule has 0 saturated heterocycles. The van der Waals surface area contributed by atoms with Gasteiger partial charge in [-0.05, 0) is 38.0 Å². The summed E-state index contributed by atoms with van der Waals surface area (Å²) in [5.41, 5.74) is 1.61. The van der Waals surface area contributed by atoms with Crippen LogP contribution < -0.4 is 5.32 Å². The van der Waals surface area contributed by atoms with E-state index >= 15 is 0 Å². The molecule has 1 saturated carbocycles. The fourth-order valence-electron chi connectivity index (χ4n) is 3.61. The maximum absolute atomic E-state index is 14.0. The third kappa shape index (κ3) is 4.78. The van der Waals surface area contributed by atoms with Crippen LogP contribution in [0.15, 0.2) is 30.6 Å². The largest absolute Gasteiger partial charge is 0.351 e. The van der Waals surface area contributed by atoms with E-state index in [0.29, 0.717) is 23.7 Å². The Kier molecular flexibility index (Phi) is 5.79. The summed E-state index contributed by atoms with van der Waals surface area (Å²) in [7, 11) is 1.97. The van der Waals surface area contributed by atoms with Crippen molar-refractivity contribution in [1.29, 1.82) is 5.26 Å². The molecule has 3 aromatic rings. The summed E-state index contributed by atoms with van der Waals surface area (Å²) in [5, 5.41) is 16.4. The van der Waals surface area contributed by atoms with Gasteiger partial charge >= 0.3 is 0 Å². The number of carbonyl (C=O) groups is 1. The molecule has 0 aliphatic heterocycles. The first-order valence-electron chi connectivity index (χ1n) is 10.1. The highest BCUT2D eigenvalue weighted by molar-refractivity contribution is 6.32. The van der Waals surface area contributed by atoms with Crippen molar-refractivity contribution in [2.24, 2.45) is 7.05 Å². The topological polar surface area (TPSA) is 88.5 Å². The zero-order chi connectivity index (χ0) is 22.1. The summed E-state index contributed by atoms with van der Waals surface area (Å²) in [6, 6.07) is 6.08. The van der Waals surface area contributed by atoms with Gasteiger partial charge in [0.1, 0.15) is 23.3 Å².